The van der Waals surface area contributed by atoms with Crippen molar-refractivity contribution < 1.29 is 8.78 Å². The Bertz CT molecular complexity index is 362. The third-order valence-corrected chi connectivity index (χ3v) is 2.49. The molecule has 1 N–H and O–H groups in total. The summed E-state index contributed by atoms with van der Waals surface area (Å²) < 4.78 is 26.5. The molecule has 0 spiro atoms. The molecule has 0 saturated carbocycles. The lowest BCUT2D eigenvalue weighted by Gasteiger charge is -2.14. The van der Waals surface area contributed by atoms with Crippen molar-refractivity contribution in [1.29, 1.82) is 0 Å². The fourth-order valence-electron chi connectivity index (χ4n) is 1.45. The van der Waals surface area contributed by atoms with E-state index in [-0.39, 0.29) is 18.2 Å². The number of hydrogen-bond acceptors (Lipinski definition) is 1. The molecule has 1 nitrogen and oxygen atoms in total. The van der Waals surface area contributed by atoms with E-state index in [1.807, 2.05) is 6.92 Å². The van der Waals surface area contributed by atoms with Gasteiger partial charge in [-0.05, 0) is 18.6 Å². The first-order valence-electron chi connectivity index (χ1n) is 5.28. The SMILES string of the molecule is C#CCC(CC)NCc1c(F)cccc1F. The molecule has 0 aliphatic heterocycles. The van der Waals surface area contributed by atoms with Crippen molar-refractivity contribution in [3.05, 3.63) is 35.4 Å². The maximum atomic E-state index is 13.3. The number of nitrogens with one attached hydrogen (secondary N) is 1. The third-order valence-electron chi connectivity index (χ3n) is 2.49. The van der Waals surface area contributed by atoms with Crippen LogP contribution in [0.2, 0.25) is 0 Å². The van der Waals surface area contributed by atoms with E-state index in [1.54, 1.807) is 0 Å². The molecule has 1 rings (SSSR count). The Labute approximate surface area is 94.9 Å². The van der Waals surface area contributed by atoms with E-state index in [1.165, 1.54) is 18.2 Å². The van der Waals surface area contributed by atoms with Crippen LogP contribution in [-0.4, -0.2) is 6.04 Å². The number of benzene rings is 1. The van der Waals surface area contributed by atoms with E-state index < -0.39 is 11.6 Å². The van der Waals surface area contributed by atoms with Gasteiger partial charge in [0.2, 0.25) is 0 Å². The molecule has 86 valence electrons. The van der Waals surface area contributed by atoms with Gasteiger partial charge in [-0.1, -0.05) is 13.0 Å². The summed E-state index contributed by atoms with van der Waals surface area (Å²) in [5.74, 6) is 1.48. The van der Waals surface area contributed by atoms with Crippen LogP contribution in [0.1, 0.15) is 25.3 Å². The molecule has 1 unspecified atom stereocenters. The number of rotatable bonds is 5. The lowest BCUT2D eigenvalue weighted by atomic mass is 10.1. The standard InChI is InChI=1S/C13H15F2N/c1-3-6-10(4-2)16-9-11-12(14)7-5-8-13(11)15/h1,5,7-8,10,16H,4,6,9H2,2H3. The summed E-state index contributed by atoms with van der Waals surface area (Å²) in [5.41, 5.74) is 0.0676. The Kier molecular flexibility index (Phi) is 4.94. The van der Waals surface area contributed by atoms with E-state index >= 15 is 0 Å². The van der Waals surface area contributed by atoms with Gasteiger partial charge in [0.05, 0.1) is 0 Å². The predicted molar refractivity (Wildman–Crippen MR) is 60.7 cm³/mol. The molecule has 0 aliphatic carbocycles. The second kappa shape index (κ2) is 6.24. The maximum absolute atomic E-state index is 13.3. The van der Waals surface area contributed by atoms with Crippen LogP contribution in [0.25, 0.3) is 0 Å². The van der Waals surface area contributed by atoms with Gasteiger partial charge in [-0.3, -0.25) is 0 Å². The van der Waals surface area contributed by atoms with Crippen molar-refractivity contribution in [2.45, 2.75) is 32.4 Å². The molecule has 0 heterocycles. The average molecular weight is 223 g/mol. The fourth-order valence-corrected chi connectivity index (χ4v) is 1.45. The molecule has 0 bridgehead atoms. The normalized spacial score (nSPS) is 12.1. The van der Waals surface area contributed by atoms with E-state index in [0.717, 1.165) is 6.42 Å². The molecule has 0 amide bonds. The topological polar surface area (TPSA) is 12.0 Å². The molecule has 3 heteroatoms. The Morgan fingerprint density at radius 3 is 2.50 bits per heavy atom. The van der Waals surface area contributed by atoms with Gasteiger partial charge >= 0.3 is 0 Å². The fraction of sp³-hybridized carbons (Fsp3) is 0.385. The van der Waals surface area contributed by atoms with E-state index in [0.29, 0.717) is 6.42 Å². The molecule has 0 fully saturated rings. The highest BCUT2D eigenvalue weighted by Gasteiger charge is 2.10. The first-order valence-corrected chi connectivity index (χ1v) is 5.28. The minimum atomic E-state index is -0.525. The quantitative estimate of drug-likeness (QED) is 0.757. The highest BCUT2D eigenvalue weighted by atomic mass is 19.1. The molecule has 0 aromatic heterocycles. The molecule has 16 heavy (non-hydrogen) atoms. The second-order valence-electron chi connectivity index (χ2n) is 3.59. The summed E-state index contributed by atoms with van der Waals surface area (Å²) in [4.78, 5) is 0. The van der Waals surface area contributed by atoms with Crippen molar-refractivity contribution in [2.24, 2.45) is 0 Å². The van der Waals surface area contributed by atoms with Crippen LogP contribution in [0, 0.1) is 24.0 Å². The highest BCUT2D eigenvalue weighted by molar-refractivity contribution is 5.19. The van der Waals surface area contributed by atoms with Crippen molar-refractivity contribution in [1.82, 2.24) is 5.32 Å². The van der Waals surface area contributed by atoms with Gasteiger partial charge in [-0.2, -0.15) is 0 Å². The summed E-state index contributed by atoms with van der Waals surface area (Å²) >= 11 is 0. The lowest BCUT2D eigenvalue weighted by molar-refractivity contribution is 0.476. The Balaban J connectivity index is 2.64. The molecule has 1 atom stereocenters. The zero-order valence-electron chi connectivity index (χ0n) is 9.26. The first kappa shape index (κ1) is 12.7. The molecule has 0 aliphatic rings. The zero-order chi connectivity index (χ0) is 12.0. The van der Waals surface area contributed by atoms with Gasteiger partial charge < -0.3 is 5.32 Å². The van der Waals surface area contributed by atoms with Gasteiger partial charge in [-0.15, -0.1) is 12.3 Å². The minimum Gasteiger partial charge on any atom is -0.309 e. The van der Waals surface area contributed by atoms with Gasteiger partial charge in [-0.25, -0.2) is 8.78 Å². The second-order valence-corrected chi connectivity index (χ2v) is 3.59. The smallest absolute Gasteiger partial charge is 0.130 e. The van der Waals surface area contributed by atoms with Crippen LogP contribution in [0.15, 0.2) is 18.2 Å². The van der Waals surface area contributed by atoms with Crippen LogP contribution >= 0.6 is 0 Å². The zero-order valence-corrected chi connectivity index (χ0v) is 9.26. The highest BCUT2D eigenvalue weighted by Crippen LogP contribution is 2.12. The van der Waals surface area contributed by atoms with Crippen LogP contribution in [0.3, 0.4) is 0 Å². The Morgan fingerprint density at radius 2 is 2.00 bits per heavy atom. The maximum Gasteiger partial charge on any atom is 0.130 e. The Morgan fingerprint density at radius 1 is 1.38 bits per heavy atom. The van der Waals surface area contributed by atoms with Gasteiger partial charge in [0.15, 0.2) is 0 Å². The predicted octanol–water partition coefficient (Wildman–Crippen LogP) is 2.86. The number of terminal acetylenes is 1. The Hall–Kier alpha value is -1.40. The van der Waals surface area contributed by atoms with Crippen molar-refractivity contribution in [2.75, 3.05) is 0 Å². The largest absolute Gasteiger partial charge is 0.309 e. The third kappa shape index (κ3) is 3.32. The first-order chi connectivity index (χ1) is 7.69. The van der Waals surface area contributed by atoms with Crippen LogP contribution in [0.5, 0.6) is 0 Å². The summed E-state index contributed by atoms with van der Waals surface area (Å²) in [6.07, 6.45) is 6.59. The molecule has 0 saturated heterocycles. The van der Waals surface area contributed by atoms with Crippen molar-refractivity contribution in [3.8, 4) is 12.3 Å². The summed E-state index contributed by atoms with van der Waals surface area (Å²) in [6, 6.07) is 3.96. The van der Waals surface area contributed by atoms with Gasteiger partial charge in [0.1, 0.15) is 11.6 Å². The molecular formula is C13H15F2N. The molecule has 0 radical (unpaired) electrons. The summed E-state index contributed by atoms with van der Waals surface area (Å²) in [7, 11) is 0. The van der Waals surface area contributed by atoms with Crippen LogP contribution < -0.4 is 5.32 Å². The van der Waals surface area contributed by atoms with E-state index in [4.69, 9.17) is 6.42 Å². The molecule has 1 aromatic carbocycles. The molecule has 1 aromatic rings. The van der Waals surface area contributed by atoms with Gasteiger partial charge in [0.25, 0.3) is 0 Å². The minimum absolute atomic E-state index is 0.0676. The number of halogens is 2. The lowest BCUT2D eigenvalue weighted by Crippen LogP contribution is -2.28. The van der Waals surface area contributed by atoms with Crippen LogP contribution in [-0.2, 0) is 6.54 Å². The van der Waals surface area contributed by atoms with Crippen LogP contribution in [0.4, 0.5) is 8.78 Å². The summed E-state index contributed by atoms with van der Waals surface area (Å²) in [5, 5.41) is 3.05. The molecular weight excluding hydrogens is 208 g/mol. The van der Waals surface area contributed by atoms with E-state index in [9.17, 15) is 8.78 Å². The summed E-state index contributed by atoms with van der Waals surface area (Å²) in [6.45, 7) is 2.14. The van der Waals surface area contributed by atoms with E-state index in [2.05, 4.69) is 11.2 Å². The van der Waals surface area contributed by atoms with Crippen molar-refractivity contribution in [3.63, 3.8) is 0 Å². The number of hydrogen-bond donors (Lipinski definition) is 1. The van der Waals surface area contributed by atoms with Gasteiger partial charge in [0, 0.05) is 24.6 Å². The monoisotopic (exact) mass is 223 g/mol. The average Bonchev–Trinajstić information content (AvgIpc) is 2.27. The van der Waals surface area contributed by atoms with Crippen molar-refractivity contribution >= 4 is 0 Å².